The van der Waals surface area contributed by atoms with Crippen molar-refractivity contribution in [3.8, 4) is 5.75 Å². The fraction of sp³-hybridized carbons (Fsp3) is 0.0909. The number of hydrogen-bond acceptors (Lipinski definition) is 4. The summed E-state index contributed by atoms with van der Waals surface area (Å²) in [6.45, 7) is 0.403. The van der Waals surface area contributed by atoms with E-state index in [1.807, 2.05) is 6.07 Å². The molecule has 0 radical (unpaired) electrons. The zero-order valence-electron chi connectivity index (χ0n) is 8.69. The Morgan fingerprint density at radius 1 is 1.24 bits per heavy atom. The van der Waals surface area contributed by atoms with Gasteiger partial charge in [0.2, 0.25) is 5.28 Å². The maximum absolute atomic E-state index is 9.58. The molecule has 0 bridgehead atoms. The van der Waals surface area contributed by atoms with Crippen LogP contribution in [0.3, 0.4) is 0 Å². The summed E-state index contributed by atoms with van der Waals surface area (Å²) in [4.78, 5) is 7.69. The van der Waals surface area contributed by atoms with Crippen LogP contribution >= 0.6 is 23.2 Å². The normalized spacial score (nSPS) is 10.2. The largest absolute Gasteiger partial charge is 0.508 e. The predicted molar refractivity (Wildman–Crippen MR) is 67.5 cm³/mol. The molecule has 0 aliphatic heterocycles. The molecular weight excluding hydrogens is 261 g/mol. The number of hydrogen-bond donors (Lipinski definition) is 2. The molecule has 0 saturated heterocycles. The molecule has 0 spiro atoms. The first-order valence-electron chi connectivity index (χ1n) is 4.85. The number of phenolic OH excluding ortho intramolecular Hbond substituents is 1. The van der Waals surface area contributed by atoms with Gasteiger partial charge in [-0.3, -0.25) is 0 Å². The topological polar surface area (TPSA) is 58.0 Å². The third-order valence-electron chi connectivity index (χ3n) is 2.15. The number of halogens is 2. The molecule has 6 heteroatoms. The van der Waals surface area contributed by atoms with Gasteiger partial charge in [-0.1, -0.05) is 29.8 Å². The van der Waals surface area contributed by atoms with Gasteiger partial charge in [-0.15, -0.1) is 0 Å². The van der Waals surface area contributed by atoms with Crippen LogP contribution in [0.5, 0.6) is 5.75 Å². The van der Waals surface area contributed by atoms with E-state index >= 15 is 0 Å². The van der Waals surface area contributed by atoms with Gasteiger partial charge in [0.25, 0.3) is 0 Å². The first-order chi connectivity index (χ1) is 8.16. The van der Waals surface area contributed by atoms with Crippen LogP contribution in [0.4, 0.5) is 5.82 Å². The Morgan fingerprint density at radius 3 is 2.76 bits per heavy atom. The Morgan fingerprint density at radius 2 is 2.00 bits per heavy atom. The number of rotatable bonds is 3. The molecule has 1 aromatic heterocycles. The average molecular weight is 270 g/mol. The van der Waals surface area contributed by atoms with Gasteiger partial charge in [0.15, 0.2) is 0 Å². The van der Waals surface area contributed by atoms with Gasteiger partial charge in [-0.2, -0.15) is 4.98 Å². The highest BCUT2D eigenvalue weighted by Gasteiger charge is 2.05. The highest BCUT2D eigenvalue weighted by atomic mass is 35.5. The van der Waals surface area contributed by atoms with Gasteiger partial charge in [-0.05, 0) is 17.7 Å². The zero-order chi connectivity index (χ0) is 12.3. The van der Waals surface area contributed by atoms with Crippen LogP contribution < -0.4 is 5.32 Å². The lowest BCUT2D eigenvalue weighted by molar-refractivity contribution is 0.469. The van der Waals surface area contributed by atoms with Crippen molar-refractivity contribution in [3.05, 3.63) is 46.3 Å². The second-order valence-corrected chi connectivity index (χ2v) is 4.06. The van der Waals surface area contributed by atoms with Gasteiger partial charge in [0.1, 0.15) is 16.6 Å². The second kappa shape index (κ2) is 5.21. The number of anilines is 1. The standard InChI is InChI=1S/C11H9Cl2N3O/c12-8-6-15-11(13)16-10(8)14-5-7-3-1-2-4-9(7)17/h1-4,6,17H,5H2,(H,14,15,16). The molecule has 88 valence electrons. The van der Waals surface area contributed by atoms with Crippen LogP contribution in [0, 0.1) is 0 Å². The van der Waals surface area contributed by atoms with Gasteiger partial charge >= 0.3 is 0 Å². The Bertz CT molecular complexity index is 534. The first-order valence-corrected chi connectivity index (χ1v) is 5.61. The van der Waals surface area contributed by atoms with Gasteiger partial charge in [-0.25, -0.2) is 4.98 Å². The molecular formula is C11H9Cl2N3O. The Hall–Kier alpha value is -1.52. The maximum atomic E-state index is 9.58. The number of benzene rings is 1. The molecule has 0 aliphatic carbocycles. The van der Waals surface area contributed by atoms with Gasteiger partial charge in [0, 0.05) is 12.1 Å². The Labute approximate surface area is 108 Å². The van der Waals surface area contributed by atoms with E-state index in [4.69, 9.17) is 23.2 Å². The smallest absolute Gasteiger partial charge is 0.224 e. The summed E-state index contributed by atoms with van der Waals surface area (Å²) in [5, 5.41) is 13.1. The second-order valence-electron chi connectivity index (χ2n) is 3.32. The summed E-state index contributed by atoms with van der Waals surface area (Å²) in [5.74, 6) is 0.659. The van der Waals surface area contributed by atoms with Crippen LogP contribution in [0.25, 0.3) is 0 Å². The van der Waals surface area contributed by atoms with Crippen LogP contribution in [0.1, 0.15) is 5.56 Å². The maximum Gasteiger partial charge on any atom is 0.224 e. The van der Waals surface area contributed by atoms with Crippen LogP contribution in [-0.4, -0.2) is 15.1 Å². The first kappa shape index (κ1) is 12.0. The molecule has 0 atom stereocenters. The van der Waals surface area contributed by atoms with E-state index < -0.39 is 0 Å². The number of aromatic nitrogens is 2. The molecule has 1 heterocycles. The molecule has 0 amide bonds. The number of nitrogens with zero attached hydrogens (tertiary/aromatic N) is 2. The summed E-state index contributed by atoms with van der Waals surface area (Å²) >= 11 is 11.6. The summed E-state index contributed by atoms with van der Waals surface area (Å²) in [6.07, 6.45) is 1.42. The van der Waals surface area contributed by atoms with Gasteiger partial charge < -0.3 is 10.4 Å². The van der Waals surface area contributed by atoms with Crippen molar-refractivity contribution in [1.82, 2.24) is 9.97 Å². The highest BCUT2D eigenvalue weighted by molar-refractivity contribution is 6.33. The quantitative estimate of drug-likeness (QED) is 0.841. The molecule has 17 heavy (non-hydrogen) atoms. The van der Waals surface area contributed by atoms with Crippen molar-refractivity contribution in [2.24, 2.45) is 0 Å². The molecule has 0 saturated carbocycles. The minimum atomic E-state index is 0.120. The lowest BCUT2D eigenvalue weighted by Gasteiger charge is -2.08. The summed E-state index contributed by atoms with van der Waals surface area (Å²) < 4.78 is 0. The van der Waals surface area contributed by atoms with Crippen molar-refractivity contribution < 1.29 is 5.11 Å². The SMILES string of the molecule is Oc1ccccc1CNc1nc(Cl)ncc1Cl. The van der Waals surface area contributed by atoms with E-state index in [0.717, 1.165) is 5.56 Å². The summed E-state index contributed by atoms with van der Waals surface area (Å²) in [6, 6.07) is 7.02. The number of aromatic hydroxyl groups is 1. The molecule has 2 N–H and O–H groups in total. The third kappa shape index (κ3) is 2.99. The van der Waals surface area contributed by atoms with E-state index in [-0.39, 0.29) is 11.0 Å². The van der Waals surface area contributed by atoms with Crippen LogP contribution in [0.2, 0.25) is 10.3 Å². The van der Waals surface area contributed by atoms with Crippen molar-refractivity contribution in [2.45, 2.75) is 6.54 Å². The Balaban J connectivity index is 2.12. The van der Waals surface area contributed by atoms with Crippen molar-refractivity contribution >= 4 is 29.0 Å². The minimum absolute atomic E-state index is 0.120. The van der Waals surface area contributed by atoms with Crippen molar-refractivity contribution in [1.29, 1.82) is 0 Å². The van der Waals surface area contributed by atoms with Crippen molar-refractivity contribution in [3.63, 3.8) is 0 Å². The fourth-order valence-corrected chi connectivity index (χ4v) is 1.60. The number of para-hydroxylation sites is 1. The molecule has 0 fully saturated rings. The average Bonchev–Trinajstić information content (AvgIpc) is 2.32. The van der Waals surface area contributed by atoms with Crippen LogP contribution in [0.15, 0.2) is 30.5 Å². The molecule has 0 unspecified atom stereocenters. The predicted octanol–water partition coefficient (Wildman–Crippen LogP) is 3.10. The molecule has 2 rings (SSSR count). The summed E-state index contributed by atoms with van der Waals surface area (Å²) in [7, 11) is 0. The molecule has 0 aliphatic rings. The van der Waals surface area contributed by atoms with E-state index in [9.17, 15) is 5.11 Å². The van der Waals surface area contributed by atoms with E-state index in [1.165, 1.54) is 6.20 Å². The lowest BCUT2D eigenvalue weighted by Crippen LogP contribution is -2.03. The monoisotopic (exact) mass is 269 g/mol. The van der Waals surface area contributed by atoms with E-state index in [1.54, 1.807) is 18.2 Å². The Kier molecular flexibility index (Phi) is 3.66. The van der Waals surface area contributed by atoms with E-state index in [0.29, 0.717) is 17.4 Å². The third-order valence-corrected chi connectivity index (χ3v) is 2.61. The highest BCUT2D eigenvalue weighted by Crippen LogP contribution is 2.22. The van der Waals surface area contributed by atoms with Crippen molar-refractivity contribution in [2.75, 3.05) is 5.32 Å². The minimum Gasteiger partial charge on any atom is -0.508 e. The lowest BCUT2D eigenvalue weighted by atomic mass is 10.2. The van der Waals surface area contributed by atoms with E-state index in [2.05, 4.69) is 15.3 Å². The van der Waals surface area contributed by atoms with Crippen LogP contribution in [-0.2, 0) is 6.54 Å². The molecule has 1 aromatic carbocycles. The molecule has 2 aromatic rings. The fourth-order valence-electron chi connectivity index (χ4n) is 1.31. The number of phenols is 1. The van der Waals surface area contributed by atoms with Gasteiger partial charge in [0.05, 0.1) is 6.20 Å². The summed E-state index contributed by atoms with van der Waals surface area (Å²) in [5.41, 5.74) is 0.748. The molecule has 4 nitrogen and oxygen atoms in total. The number of nitrogens with one attached hydrogen (secondary N) is 1. The zero-order valence-corrected chi connectivity index (χ0v) is 10.2.